The van der Waals surface area contributed by atoms with Gasteiger partial charge in [-0.1, -0.05) is 48.0 Å². The zero-order valence-corrected chi connectivity index (χ0v) is 15.9. The summed E-state index contributed by atoms with van der Waals surface area (Å²) in [7, 11) is 0. The number of hydrogen-bond acceptors (Lipinski definition) is 3. The van der Waals surface area contributed by atoms with Gasteiger partial charge in [0.15, 0.2) is 0 Å². The zero-order chi connectivity index (χ0) is 17.6. The fourth-order valence-corrected chi connectivity index (χ4v) is 3.74. The van der Waals surface area contributed by atoms with E-state index < -0.39 is 0 Å². The Balaban J connectivity index is 1.75. The molecule has 0 saturated carbocycles. The lowest BCUT2D eigenvalue weighted by Gasteiger charge is -2.35. The van der Waals surface area contributed by atoms with E-state index in [0.717, 1.165) is 55.2 Å². The lowest BCUT2D eigenvalue weighted by molar-refractivity contribution is 0.0645. The standard InChI is InChI=1S/C21H26N2OS/c1-17-6-5-7-18(16-17)19-8-3-4-9-20(19)21(24)23-12-10-22(11-13-23)14-15-25-2/h3-9,16H,10-15H2,1-2H3. The molecule has 2 aromatic rings. The van der Waals surface area contributed by atoms with Gasteiger partial charge in [-0.15, -0.1) is 0 Å². The molecule has 1 amide bonds. The molecule has 1 saturated heterocycles. The van der Waals surface area contributed by atoms with E-state index in [-0.39, 0.29) is 5.91 Å². The van der Waals surface area contributed by atoms with Gasteiger partial charge in [0, 0.05) is 44.0 Å². The van der Waals surface area contributed by atoms with Crippen LogP contribution in [0.5, 0.6) is 0 Å². The molecular weight excluding hydrogens is 328 g/mol. The minimum absolute atomic E-state index is 0.154. The molecule has 3 rings (SSSR count). The smallest absolute Gasteiger partial charge is 0.254 e. The maximum Gasteiger partial charge on any atom is 0.254 e. The molecule has 3 nitrogen and oxygen atoms in total. The molecular formula is C21H26N2OS. The Bertz CT molecular complexity index is 723. The topological polar surface area (TPSA) is 23.6 Å². The van der Waals surface area contributed by atoms with Crippen molar-refractivity contribution >= 4 is 17.7 Å². The Hall–Kier alpha value is -1.78. The number of rotatable bonds is 5. The van der Waals surface area contributed by atoms with E-state index in [2.05, 4.69) is 48.4 Å². The number of thioether (sulfide) groups is 1. The molecule has 0 bridgehead atoms. The van der Waals surface area contributed by atoms with Gasteiger partial charge >= 0.3 is 0 Å². The summed E-state index contributed by atoms with van der Waals surface area (Å²) in [6, 6.07) is 16.3. The number of amides is 1. The van der Waals surface area contributed by atoms with E-state index in [1.807, 2.05) is 34.9 Å². The highest BCUT2D eigenvalue weighted by Gasteiger charge is 2.23. The second kappa shape index (κ2) is 8.54. The monoisotopic (exact) mass is 354 g/mol. The van der Waals surface area contributed by atoms with Crippen LogP contribution in [0.25, 0.3) is 11.1 Å². The van der Waals surface area contributed by atoms with E-state index in [1.54, 1.807) is 0 Å². The van der Waals surface area contributed by atoms with Crippen LogP contribution in [0.3, 0.4) is 0 Å². The Morgan fingerprint density at radius 3 is 2.52 bits per heavy atom. The summed E-state index contributed by atoms with van der Waals surface area (Å²) in [5.41, 5.74) is 4.16. The van der Waals surface area contributed by atoms with Crippen LogP contribution < -0.4 is 0 Å². The molecule has 4 heteroatoms. The molecule has 0 radical (unpaired) electrons. The first-order valence-corrected chi connectivity index (χ1v) is 10.2. The Morgan fingerprint density at radius 1 is 1.04 bits per heavy atom. The molecule has 25 heavy (non-hydrogen) atoms. The average molecular weight is 355 g/mol. The van der Waals surface area contributed by atoms with Crippen LogP contribution >= 0.6 is 11.8 Å². The Labute approximate surface area is 155 Å². The minimum atomic E-state index is 0.154. The predicted octanol–water partition coefficient (Wildman–Crippen LogP) is 3.78. The van der Waals surface area contributed by atoms with Crippen molar-refractivity contribution in [1.82, 2.24) is 9.80 Å². The predicted molar refractivity (Wildman–Crippen MR) is 107 cm³/mol. The van der Waals surface area contributed by atoms with Gasteiger partial charge in [0.25, 0.3) is 5.91 Å². The third-order valence-corrected chi connectivity index (χ3v) is 5.35. The number of carbonyl (C=O) groups is 1. The highest BCUT2D eigenvalue weighted by Crippen LogP contribution is 2.26. The normalized spacial score (nSPS) is 15.4. The molecule has 0 aliphatic carbocycles. The summed E-state index contributed by atoms with van der Waals surface area (Å²) in [5.74, 6) is 1.31. The fourth-order valence-electron chi connectivity index (χ4n) is 3.30. The molecule has 1 heterocycles. The van der Waals surface area contributed by atoms with Gasteiger partial charge in [-0.05, 0) is 30.4 Å². The van der Waals surface area contributed by atoms with Crippen molar-refractivity contribution in [2.75, 3.05) is 44.7 Å². The highest BCUT2D eigenvalue weighted by molar-refractivity contribution is 7.98. The van der Waals surface area contributed by atoms with Gasteiger partial charge in [-0.3, -0.25) is 9.69 Å². The summed E-state index contributed by atoms with van der Waals surface area (Å²) in [6.07, 6.45) is 2.14. The lowest BCUT2D eigenvalue weighted by Crippen LogP contribution is -2.49. The first-order chi connectivity index (χ1) is 12.2. The number of hydrogen-bond donors (Lipinski definition) is 0. The van der Waals surface area contributed by atoms with E-state index in [9.17, 15) is 4.79 Å². The summed E-state index contributed by atoms with van der Waals surface area (Å²) in [6.45, 7) is 6.77. The van der Waals surface area contributed by atoms with Crippen molar-refractivity contribution in [3.8, 4) is 11.1 Å². The molecule has 1 fully saturated rings. The molecule has 0 N–H and O–H groups in total. The summed E-state index contributed by atoms with van der Waals surface area (Å²) in [4.78, 5) is 17.6. The molecule has 0 aromatic heterocycles. The maximum atomic E-state index is 13.1. The van der Waals surface area contributed by atoms with Gasteiger partial charge in [0.05, 0.1) is 0 Å². The Kier molecular flexibility index (Phi) is 6.16. The summed E-state index contributed by atoms with van der Waals surface area (Å²) >= 11 is 1.88. The molecule has 1 aliphatic rings. The van der Waals surface area contributed by atoms with Gasteiger partial charge < -0.3 is 4.90 Å². The Morgan fingerprint density at radius 2 is 1.80 bits per heavy atom. The van der Waals surface area contributed by atoms with Crippen molar-refractivity contribution in [2.24, 2.45) is 0 Å². The molecule has 1 aliphatic heterocycles. The summed E-state index contributed by atoms with van der Waals surface area (Å²) in [5, 5.41) is 0. The number of nitrogens with zero attached hydrogens (tertiary/aromatic N) is 2. The first-order valence-electron chi connectivity index (χ1n) is 8.85. The molecule has 0 spiro atoms. The van der Waals surface area contributed by atoms with Crippen LogP contribution in [0.1, 0.15) is 15.9 Å². The third kappa shape index (κ3) is 4.44. The first kappa shape index (κ1) is 18.0. The maximum absolute atomic E-state index is 13.1. The molecule has 132 valence electrons. The van der Waals surface area contributed by atoms with E-state index in [1.165, 1.54) is 5.56 Å². The van der Waals surface area contributed by atoms with E-state index in [4.69, 9.17) is 0 Å². The van der Waals surface area contributed by atoms with Crippen LogP contribution in [-0.4, -0.2) is 60.4 Å². The van der Waals surface area contributed by atoms with Crippen molar-refractivity contribution < 1.29 is 4.79 Å². The van der Waals surface area contributed by atoms with Crippen molar-refractivity contribution in [3.63, 3.8) is 0 Å². The van der Waals surface area contributed by atoms with Gasteiger partial charge in [-0.2, -0.15) is 11.8 Å². The quantitative estimate of drug-likeness (QED) is 0.816. The van der Waals surface area contributed by atoms with Crippen LogP contribution in [-0.2, 0) is 0 Å². The lowest BCUT2D eigenvalue weighted by atomic mass is 9.97. The summed E-state index contributed by atoms with van der Waals surface area (Å²) < 4.78 is 0. The molecule has 2 aromatic carbocycles. The fraction of sp³-hybridized carbons (Fsp3) is 0.381. The SMILES string of the molecule is CSCCN1CCN(C(=O)c2ccccc2-c2cccc(C)c2)CC1. The van der Waals surface area contributed by atoms with Gasteiger partial charge in [0.2, 0.25) is 0 Å². The number of aryl methyl sites for hydroxylation is 1. The third-order valence-electron chi connectivity index (χ3n) is 4.76. The number of benzene rings is 2. The van der Waals surface area contributed by atoms with E-state index in [0.29, 0.717) is 0 Å². The largest absolute Gasteiger partial charge is 0.336 e. The van der Waals surface area contributed by atoms with Crippen LogP contribution in [0.15, 0.2) is 48.5 Å². The van der Waals surface area contributed by atoms with Crippen molar-refractivity contribution in [1.29, 1.82) is 0 Å². The minimum Gasteiger partial charge on any atom is -0.336 e. The number of carbonyl (C=O) groups excluding carboxylic acids is 1. The molecule has 0 unspecified atom stereocenters. The van der Waals surface area contributed by atoms with Crippen LogP contribution in [0, 0.1) is 6.92 Å². The van der Waals surface area contributed by atoms with Crippen LogP contribution in [0.4, 0.5) is 0 Å². The highest BCUT2D eigenvalue weighted by atomic mass is 32.2. The van der Waals surface area contributed by atoms with Crippen LogP contribution in [0.2, 0.25) is 0 Å². The second-order valence-corrected chi connectivity index (χ2v) is 7.53. The number of piperazine rings is 1. The average Bonchev–Trinajstić information content (AvgIpc) is 2.66. The second-order valence-electron chi connectivity index (χ2n) is 6.54. The van der Waals surface area contributed by atoms with Gasteiger partial charge in [0.1, 0.15) is 0 Å². The molecule has 0 atom stereocenters. The zero-order valence-electron chi connectivity index (χ0n) is 15.1. The van der Waals surface area contributed by atoms with E-state index >= 15 is 0 Å². The van der Waals surface area contributed by atoms with Crippen molar-refractivity contribution in [3.05, 3.63) is 59.7 Å². The van der Waals surface area contributed by atoms with Gasteiger partial charge in [-0.25, -0.2) is 0 Å². The van der Waals surface area contributed by atoms with Crippen molar-refractivity contribution in [2.45, 2.75) is 6.92 Å².